The fraction of sp³-hybridized carbons (Fsp3) is 0.786. The SMILES string of the molecule is CC1(C)CCC(CC2=CC(=O)CC2)CC1. The van der Waals surface area contributed by atoms with Gasteiger partial charge in [-0.05, 0) is 55.9 Å². The lowest BCUT2D eigenvalue weighted by atomic mass is 9.71. The second-order valence-corrected chi connectivity index (χ2v) is 6.08. The minimum absolute atomic E-state index is 0.348. The lowest BCUT2D eigenvalue weighted by molar-refractivity contribution is -0.114. The van der Waals surface area contributed by atoms with Crippen molar-refractivity contribution in [2.45, 2.75) is 58.8 Å². The van der Waals surface area contributed by atoms with E-state index < -0.39 is 0 Å². The predicted octanol–water partition coefficient (Wildman–Crippen LogP) is 3.88. The highest BCUT2D eigenvalue weighted by atomic mass is 16.1. The normalized spacial score (nSPS) is 26.8. The number of hydrogen-bond donors (Lipinski definition) is 0. The molecular weight excluding hydrogens is 184 g/mol. The highest BCUT2D eigenvalue weighted by Crippen LogP contribution is 2.40. The molecule has 1 heteroatoms. The standard InChI is InChI=1S/C14H22O/c1-14(2)7-5-11(6-8-14)9-12-3-4-13(15)10-12/h10-11H,3-9H2,1-2H3. The van der Waals surface area contributed by atoms with Crippen molar-refractivity contribution in [3.05, 3.63) is 11.6 Å². The summed E-state index contributed by atoms with van der Waals surface area (Å²) < 4.78 is 0. The van der Waals surface area contributed by atoms with E-state index in [1.165, 1.54) is 37.7 Å². The Balaban J connectivity index is 1.82. The van der Waals surface area contributed by atoms with Crippen LogP contribution in [0.1, 0.15) is 58.8 Å². The van der Waals surface area contributed by atoms with E-state index in [4.69, 9.17) is 0 Å². The summed E-state index contributed by atoms with van der Waals surface area (Å²) in [7, 11) is 0. The van der Waals surface area contributed by atoms with Crippen molar-refractivity contribution in [2.24, 2.45) is 11.3 Å². The van der Waals surface area contributed by atoms with Crippen LogP contribution in [0.3, 0.4) is 0 Å². The summed E-state index contributed by atoms with van der Waals surface area (Å²) in [6.45, 7) is 4.75. The minimum atomic E-state index is 0.348. The molecule has 0 aromatic rings. The van der Waals surface area contributed by atoms with E-state index in [-0.39, 0.29) is 0 Å². The molecule has 0 heterocycles. The van der Waals surface area contributed by atoms with Crippen molar-refractivity contribution in [1.29, 1.82) is 0 Å². The largest absolute Gasteiger partial charge is 0.295 e. The Morgan fingerprint density at radius 3 is 2.47 bits per heavy atom. The topological polar surface area (TPSA) is 17.1 Å². The van der Waals surface area contributed by atoms with Crippen molar-refractivity contribution < 1.29 is 4.79 Å². The first kappa shape index (κ1) is 10.9. The highest BCUT2D eigenvalue weighted by Gasteiger charge is 2.27. The van der Waals surface area contributed by atoms with Gasteiger partial charge in [0.15, 0.2) is 5.78 Å². The summed E-state index contributed by atoms with van der Waals surface area (Å²) in [4.78, 5) is 11.1. The van der Waals surface area contributed by atoms with E-state index in [0.29, 0.717) is 11.2 Å². The van der Waals surface area contributed by atoms with Gasteiger partial charge in [-0.1, -0.05) is 19.4 Å². The molecule has 0 unspecified atom stereocenters. The molecule has 0 bridgehead atoms. The number of allylic oxidation sites excluding steroid dienone is 2. The van der Waals surface area contributed by atoms with Gasteiger partial charge < -0.3 is 0 Å². The quantitative estimate of drug-likeness (QED) is 0.670. The first-order valence-corrected chi connectivity index (χ1v) is 6.27. The molecule has 0 saturated heterocycles. The molecule has 0 aliphatic heterocycles. The lowest BCUT2D eigenvalue weighted by Gasteiger charge is -2.34. The van der Waals surface area contributed by atoms with Gasteiger partial charge in [0, 0.05) is 6.42 Å². The summed E-state index contributed by atoms with van der Waals surface area (Å²) >= 11 is 0. The number of ketones is 1. The van der Waals surface area contributed by atoms with Gasteiger partial charge in [0.05, 0.1) is 0 Å². The second-order valence-electron chi connectivity index (χ2n) is 6.08. The van der Waals surface area contributed by atoms with Crippen molar-refractivity contribution in [3.8, 4) is 0 Å². The molecule has 2 aliphatic rings. The first-order chi connectivity index (χ1) is 7.05. The maximum absolute atomic E-state index is 11.1. The van der Waals surface area contributed by atoms with E-state index in [1.807, 2.05) is 6.08 Å². The Labute approximate surface area is 92.9 Å². The van der Waals surface area contributed by atoms with Gasteiger partial charge in [-0.3, -0.25) is 4.79 Å². The van der Waals surface area contributed by atoms with Crippen molar-refractivity contribution in [2.75, 3.05) is 0 Å². The smallest absolute Gasteiger partial charge is 0.155 e. The number of rotatable bonds is 2. The molecule has 0 amide bonds. The Hall–Kier alpha value is -0.590. The zero-order chi connectivity index (χ0) is 10.9. The third-order valence-corrected chi connectivity index (χ3v) is 4.07. The van der Waals surface area contributed by atoms with Crippen LogP contribution in [-0.4, -0.2) is 5.78 Å². The third kappa shape index (κ3) is 2.93. The van der Waals surface area contributed by atoms with Crippen LogP contribution in [0.15, 0.2) is 11.6 Å². The van der Waals surface area contributed by atoms with Crippen molar-refractivity contribution in [1.82, 2.24) is 0 Å². The molecule has 0 aromatic carbocycles. The van der Waals surface area contributed by atoms with Gasteiger partial charge in [-0.15, -0.1) is 0 Å². The Kier molecular flexibility index (Phi) is 2.99. The van der Waals surface area contributed by atoms with Crippen molar-refractivity contribution in [3.63, 3.8) is 0 Å². The molecule has 1 fully saturated rings. The van der Waals surface area contributed by atoms with Gasteiger partial charge in [0.2, 0.25) is 0 Å². The van der Waals surface area contributed by atoms with Gasteiger partial charge in [-0.2, -0.15) is 0 Å². The fourth-order valence-electron chi connectivity index (χ4n) is 2.85. The molecule has 0 spiro atoms. The molecule has 0 N–H and O–H groups in total. The minimum Gasteiger partial charge on any atom is -0.295 e. The first-order valence-electron chi connectivity index (χ1n) is 6.27. The van der Waals surface area contributed by atoms with Crippen LogP contribution in [0.2, 0.25) is 0 Å². The van der Waals surface area contributed by atoms with Gasteiger partial charge in [0.25, 0.3) is 0 Å². The van der Waals surface area contributed by atoms with E-state index in [2.05, 4.69) is 13.8 Å². The summed E-state index contributed by atoms with van der Waals surface area (Å²) in [6, 6.07) is 0. The molecule has 0 aromatic heterocycles. The van der Waals surface area contributed by atoms with E-state index in [0.717, 1.165) is 18.8 Å². The lowest BCUT2D eigenvalue weighted by Crippen LogP contribution is -2.21. The molecule has 1 saturated carbocycles. The van der Waals surface area contributed by atoms with Crippen LogP contribution in [-0.2, 0) is 4.79 Å². The molecule has 0 radical (unpaired) electrons. The zero-order valence-corrected chi connectivity index (χ0v) is 10.0. The van der Waals surface area contributed by atoms with Crippen molar-refractivity contribution >= 4 is 5.78 Å². The Morgan fingerprint density at radius 1 is 1.27 bits per heavy atom. The molecule has 2 aliphatic carbocycles. The van der Waals surface area contributed by atoms with Gasteiger partial charge in [-0.25, -0.2) is 0 Å². The molecule has 0 atom stereocenters. The van der Waals surface area contributed by atoms with Crippen LogP contribution in [0.25, 0.3) is 0 Å². The monoisotopic (exact) mass is 206 g/mol. The average Bonchev–Trinajstić information content (AvgIpc) is 2.55. The average molecular weight is 206 g/mol. The van der Waals surface area contributed by atoms with E-state index in [1.54, 1.807) is 0 Å². The summed E-state index contributed by atoms with van der Waals surface area (Å²) in [5.74, 6) is 1.20. The van der Waals surface area contributed by atoms with Crippen LogP contribution < -0.4 is 0 Å². The number of carbonyl (C=O) groups is 1. The van der Waals surface area contributed by atoms with E-state index in [9.17, 15) is 4.79 Å². The molecule has 2 rings (SSSR count). The molecule has 1 nitrogen and oxygen atoms in total. The Morgan fingerprint density at radius 2 is 1.93 bits per heavy atom. The summed E-state index contributed by atoms with van der Waals surface area (Å²) in [5.41, 5.74) is 1.99. The summed E-state index contributed by atoms with van der Waals surface area (Å²) in [5, 5.41) is 0. The number of carbonyl (C=O) groups excluding carboxylic acids is 1. The maximum atomic E-state index is 11.1. The third-order valence-electron chi connectivity index (χ3n) is 4.07. The van der Waals surface area contributed by atoms with Crippen LogP contribution in [0.4, 0.5) is 0 Å². The van der Waals surface area contributed by atoms with Crippen LogP contribution >= 0.6 is 0 Å². The zero-order valence-electron chi connectivity index (χ0n) is 10.0. The van der Waals surface area contributed by atoms with Crippen LogP contribution in [0.5, 0.6) is 0 Å². The predicted molar refractivity (Wildman–Crippen MR) is 62.7 cm³/mol. The molecular formula is C14H22O. The summed E-state index contributed by atoms with van der Waals surface area (Å²) in [6.07, 6.45) is 10.3. The number of hydrogen-bond acceptors (Lipinski definition) is 1. The van der Waals surface area contributed by atoms with Gasteiger partial charge in [0.1, 0.15) is 0 Å². The Bertz CT molecular complexity index is 276. The van der Waals surface area contributed by atoms with Gasteiger partial charge >= 0.3 is 0 Å². The van der Waals surface area contributed by atoms with Crippen LogP contribution in [0, 0.1) is 11.3 Å². The second kappa shape index (κ2) is 4.11. The molecule has 84 valence electrons. The highest BCUT2D eigenvalue weighted by molar-refractivity contribution is 5.92. The molecule has 15 heavy (non-hydrogen) atoms. The van der Waals surface area contributed by atoms with E-state index >= 15 is 0 Å². The fourth-order valence-corrected chi connectivity index (χ4v) is 2.85. The maximum Gasteiger partial charge on any atom is 0.155 e.